The van der Waals surface area contributed by atoms with Crippen LogP contribution in [0.15, 0.2) is 48.5 Å². The molecule has 0 unspecified atom stereocenters. The highest BCUT2D eigenvalue weighted by Gasteiger charge is 2.25. The van der Waals surface area contributed by atoms with Gasteiger partial charge in [-0.1, -0.05) is 31.2 Å². The van der Waals surface area contributed by atoms with Crippen LogP contribution in [0, 0.1) is 0 Å². The maximum absolute atomic E-state index is 12.6. The van der Waals surface area contributed by atoms with Gasteiger partial charge in [0.2, 0.25) is 5.91 Å². The first-order valence-electron chi connectivity index (χ1n) is 10.4. The molecule has 29 heavy (non-hydrogen) atoms. The first-order chi connectivity index (χ1) is 14.1. The van der Waals surface area contributed by atoms with E-state index in [2.05, 4.69) is 27.7 Å². The van der Waals surface area contributed by atoms with E-state index in [0.29, 0.717) is 19.5 Å². The van der Waals surface area contributed by atoms with Crippen LogP contribution in [0.2, 0.25) is 0 Å². The summed E-state index contributed by atoms with van der Waals surface area (Å²) >= 11 is 0. The summed E-state index contributed by atoms with van der Waals surface area (Å²) in [4.78, 5) is 28.5. The Kier molecular flexibility index (Phi) is 5.69. The van der Waals surface area contributed by atoms with E-state index >= 15 is 0 Å². The summed E-state index contributed by atoms with van der Waals surface area (Å²) in [5.41, 5.74) is 4.34. The molecule has 2 aliphatic heterocycles. The van der Waals surface area contributed by atoms with Crippen LogP contribution in [0.4, 0.5) is 16.2 Å². The lowest BCUT2D eigenvalue weighted by Crippen LogP contribution is -2.36. The van der Waals surface area contributed by atoms with Crippen LogP contribution in [-0.2, 0) is 17.9 Å². The number of urea groups is 1. The SMILES string of the molecule is CCCC(=O)N[C@H]1CCN(c2ccc(NC(=O)N3Cc4ccccc4C3)cc2)C1. The van der Waals surface area contributed by atoms with E-state index in [1.807, 2.05) is 48.2 Å². The van der Waals surface area contributed by atoms with Gasteiger partial charge in [-0.25, -0.2) is 4.79 Å². The van der Waals surface area contributed by atoms with Gasteiger partial charge >= 0.3 is 6.03 Å². The molecule has 1 saturated heterocycles. The smallest absolute Gasteiger partial charge is 0.322 e. The lowest BCUT2D eigenvalue weighted by atomic mass is 10.1. The molecule has 0 spiro atoms. The topological polar surface area (TPSA) is 64.7 Å². The zero-order valence-corrected chi connectivity index (χ0v) is 16.9. The molecule has 6 nitrogen and oxygen atoms in total. The summed E-state index contributed by atoms with van der Waals surface area (Å²) in [7, 11) is 0. The molecule has 4 rings (SSSR count). The molecule has 152 valence electrons. The number of amides is 3. The molecule has 3 amide bonds. The number of hydrogen-bond donors (Lipinski definition) is 2. The van der Waals surface area contributed by atoms with E-state index in [-0.39, 0.29) is 18.0 Å². The van der Waals surface area contributed by atoms with Crippen molar-refractivity contribution in [3.63, 3.8) is 0 Å². The minimum absolute atomic E-state index is 0.0752. The van der Waals surface area contributed by atoms with Crippen molar-refractivity contribution in [2.24, 2.45) is 0 Å². The van der Waals surface area contributed by atoms with Crippen LogP contribution in [0.1, 0.15) is 37.3 Å². The van der Waals surface area contributed by atoms with Crippen molar-refractivity contribution in [3.05, 3.63) is 59.7 Å². The van der Waals surface area contributed by atoms with Crippen LogP contribution >= 0.6 is 0 Å². The van der Waals surface area contributed by atoms with Gasteiger partial charge in [-0.05, 0) is 48.2 Å². The molecule has 2 heterocycles. The molecule has 0 aromatic heterocycles. The summed E-state index contributed by atoms with van der Waals surface area (Å²) < 4.78 is 0. The molecule has 0 aliphatic carbocycles. The maximum atomic E-state index is 12.6. The van der Waals surface area contributed by atoms with Crippen LogP contribution in [0.3, 0.4) is 0 Å². The van der Waals surface area contributed by atoms with Crippen LogP contribution in [-0.4, -0.2) is 36.0 Å². The van der Waals surface area contributed by atoms with E-state index in [0.717, 1.165) is 37.3 Å². The Morgan fingerprint density at radius 1 is 1.03 bits per heavy atom. The van der Waals surface area contributed by atoms with Gasteiger partial charge in [0, 0.05) is 50.0 Å². The van der Waals surface area contributed by atoms with Crippen molar-refractivity contribution in [2.45, 2.75) is 45.3 Å². The zero-order valence-electron chi connectivity index (χ0n) is 16.9. The van der Waals surface area contributed by atoms with E-state index in [1.54, 1.807) is 0 Å². The predicted molar refractivity (Wildman–Crippen MR) is 115 cm³/mol. The molecular formula is C23H28N4O2. The van der Waals surface area contributed by atoms with Crippen LogP contribution in [0.25, 0.3) is 0 Å². The van der Waals surface area contributed by atoms with Gasteiger partial charge < -0.3 is 20.4 Å². The number of benzene rings is 2. The standard InChI is InChI=1S/C23H28N4O2/c1-2-5-22(28)24-20-12-13-26(16-20)21-10-8-19(9-11-21)25-23(29)27-14-17-6-3-4-7-18(17)15-27/h3-4,6-11,20H,2,5,12-16H2,1H3,(H,24,28)(H,25,29)/t20-/m0/s1. The summed E-state index contributed by atoms with van der Waals surface area (Å²) in [6.45, 7) is 5.07. The Bertz CT molecular complexity index is 856. The lowest BCUT2D eigenvalue weighted by Gasteiger charge is -2.20. The third kappa shape index (κ3) is 4.53. The van der Waals surface area contributed by atoms with Gasteiger partial charge in [0.25, 0.3) is 0 Å². The Balaban J connectivity index is 1.30. The molecule has 0 radical (unpaired) electrons. The maximum Gasteiger partial charge on any atom is 0.322 e. The molecule has 2 aliphatic rings. The van der Waals surface area contributed by atoms with E-state index in [1.165, 1.54) is 11.1 Å². The van der Waals surface area contributed by atoms with Gasteiger partial charge in [-0.3, -0.25) is 4.79 Å². The average molecular weight is 393 g/mol. The largest absolute Gasteiger partial charge is 0.369 e. The number of rotatable bonds is 5. The monoisotopic (exact) mass is 392 g/mol. The number of nitrogens with zero attached hydrogens (tertiary/aromatic N) is 2. The summed E-state index contributed by atoms with van der Waals surface area (Å²) in [5.74, 6) is 0.140. The summed E-state index contributed by atoms with van der Waals surface area (Å²) in [6, 6.07) is 16.3. The van der Waals surface area contributed by atoms with E-state index < -0.39 is 0 Å². The molecule has 1 fully saturated rings. The fourth-order valence-corrected chi connectivity index (χ4v) is 4.07. The highest BCUT2D eigenvalue weighted by atomic mass is 16.2. The molecule has 2 aromatic carbocycles. The van der Waals surface area contributed by atoms with E-state index in [9.17, 15) is 9.59 Å². The van der Waals surface area contributed by atoms with Gasteiger partial charge in [0.1, 0.15) is 0 Å². The number of carbonyl (C=O) groups excluding carboxylic acids is 2. The fourth-order valence-electron chi connectivity index (χ4n) is 4.07. The minimum atomic E-state index is -0.0752. The second kappa shape index (κ2) is 8.55. The number of fused-ring (bicyclic) bond motifs is 1. The van der Waals surface area contributed by atoms with E-state index in [4.69, 9.17) is 0 Å². The number of anilines is 2. The van der Waals surface area contributed by atoms with Crippen LogP contribution in [0.5, 0.6) is 0 Å². The van der Waals surface area contributed by atoms with Crippen molar-refractivity contribution in [3.8, 4) is 0 Å². The first kappa shape index (κ1) is 19.3. The molecular weight excluding hydrogens is 364 g/mol. The van der Waals surface area contributed by atoms with Gasteiger partial charge in [0.15, 0.2) is 0 Å². The Morgan fingerprint density at radius 3 is 2.38 bits per heavy atom. The second-order valence-electron chi connectivity index (χ2n) is 7.85. The second-order valence-corrected chi connectivity index (χ2v) is 7.85. The number of nitrogens with one attached hydrogen (secondary N) is 2. The van der Waals surface area contributed by atoms with Crippen molar-refractivity contribution in [1.82, 2.24) is 10.2 Å². The Hall–Kier alpha value is -3.02. The fraction of sp³-hybridized carbons (Fsp3) is 0.391. The highest BCUT2D eigenvalue weighted by molar-refractivity contribution is 5.90. The van der Waals surface area contributed by atoms with Gasteiger partial charge in [0.05, 0.1) is 0 Å². The zero-order chi connectivity index (χ0) is 20.2. The summed E-state index contributed by atoms with van der Waals surface area (Å²) in [5, 5.41) is 6.11. The number of carbonyl (C=O) groups is 2. The molecule has 1 atom stereocenters. The third-order valence-electron chi connectivity index (χ3n) is 5.64. The van der Waals surface area contributed by atoms with Gasteiger partial charge in [-0.15, -0.1) is 0 Å². The molecule has 6 heteroatoms. The van der Waals surface area contributed by atoms with Gasteiger partial charge in [-0.2, -0.15) is 0 Å². The Morgan fingerprint density at radius 2 is 1.72 bits per heavy atom. The normalized spacial score (nSPS) is 17.9. The molecule has 2 aromatic rings. The van der Waals surface area contributed by atoms with Crippen molar-refractivity contribution >= 4 is 23.3 Å². The summed E-state index contributed by atoms with van der Waals surface area (Å²) in [6.07, 6.45) is 2.43. The average Bonchev–Trinajstić information content (AvgIpc) is 3.35. The minimum Gasteiger partial charge on any atom is -0.369 e. The highest BCUT2D eigenvalue weighted by Crippen LogP contribution is 2.25. The third-order valence-corrected chi connectivity index (χ3v) is 5.64. The van der Waals surface area contributed by atoms with Crippen molar-refractivity contribution in [1.29, 1.82) is 0 Å². The molecule has 0 saturated carbocycles. The Labute approximate surface area is 171 Å². The first-order valence-corrected chi connectivity index (χ1v) is 10.4. The van der Waals surface area contributed by atoms with Crippen LogP contribution < -0.4 is 15.5 Å². The predicted octanol–water partition coefficient (Wildman–Crippen LogP) is 3.73. The lowest BCUT2D eigenvalue weighted by molar-refractivity contribution is -0.121. The number of hydrogen-bond acceptors (Lipinski definition) is 3. The van der Waals surface area contributed by atoms with Crippen molar-refractivity contribution in [2.75, 3.05) is 23.3 Å². The quantitative estimate of drug-likeness (QED) is 0.815. The molecule has 2 N–H and O–H groups in total. The van der Waals surface area contributed by atoms with Crippen molar-refractivity contribution < 1.29 is 9.59 Å². The molecule has 0 bridgehead atoms.